The molecular formula is C27H26O17. The predicted molar refractivity (Wildman–Crippen MR) is 139 cm³/mol. The van der Waals surface area contributed by atoms with E-state index in [2.05, 4.69) is 0 Å². The van der Waals surface area contributed by atoms with Gasteiger partial charge in [-0.3, -0.25) is 0 Å². The first-order chi connectivity index (χ1) is 20.7. The Kier molecular flexibility index (Phi) is 8.95. The second-order valence-electron chi connectivity index (χ2n) is 9.51. The van der Waals surface area contributed by atoms with Crippen LogP contribution in [-0.2, 0) is 25.6 Å². The molecule has 3 aromatic carbocycles. The van der Waals surface area contributed by atoms with Crippen LogP contribution >= 0.6 is 0 Å². The van der Waals surface area contributed by atoms with E-state index in [0.717, 1.165) is 36.4 Å². The molecule has 1 saturated heterocycles. The van der Waals surface area contributed by atoms with Gasteiger partial charge in [0, 0.05) is 0 Å². The second kappa shape index (κ2) is 12.5. The summed E-state index contributed by atoms with van der Waals surface area (Å²) in [4.78, 5) is 25.3. The molecule has 0 saturated carbocycles. The zero-order chi connectivity index (χ0) is 32.5. The highest BCUT2D eigenvalue weighted by Gasteiger charge is 2.48. The van der Waals surface area contributed by atoms with Crippen molar-refractivity contribution in [2.75, 3.05) is 6.61 Å². The van der Waals surface area contributed by atoms with Gasteiger partial charge in [-0.05, 0) is 42.0 Å². The van der Waals surface area contributed by atoms with Crippen molar-refractivity contribution in [2.45, 2.75) is 37.3 Å². The molecule has 1 heterocycles. The van der Waals surface area contributed by atoms with Crippen LogP contribution in [0, 0.1) is 0 Å². The van der Waals surface area contributed by atoms with Crippen LogP contribution in [0.4, 0.5) is 0 Å². The van der Waals surface area contributed by atoms with Crippen LogP contribution in [0.3, 0.4) is 0 Å². The molecule has 11 N–H and O–H groups in total. The van der Waals surface area contributed by atoms with E-state index in [-0.39, 0.29) is 5.56 Å². The molecular weight excluding hydrogens is 596 g/mol. The third-order valence-electron chi connectivity index (χ3n) is 6.44. The van der Waals surface area contributed by atoms with E-state index < -0.39 is 119 Å². The van der Waals surface area contributed by atoms with Crippen molar-refractivity contribution in [2.24, 2.45) is 0 Å². The van der Waals surface area contributed by atoms with E-state index in [1.165, 1.54) is 0 Å². The minimum Gasteiger partial charge on any atom is -0.504 e. The van der Waals surface area contributed by atoms with E-state index >= 15 is 0 Å². The molecule has 5 atom stereocenters. The topological polar surface area (TPSA) is 294 Å². The summed E-state index contributed by atoms with van der Waals surface area (Å²) in [6.45, 7) is -1.32. The number of ether oxygens (including phenoxy) is 4. The largest absolute Gasteiger partial charge is 0.504 e. The lowest BCUT2D eigenvalue weighted by Crippen LogP contribution is -2.60. The summed E-state index contributed by atoms with van der Waals surface area (Å²) in [5.41, 5.74) is -0.863. The number of hydrogen-bond donors (Lipinski definition) is 11. The summed E-state index contributed by atoms with van der Waals surface area (Å²) in [5, 5.41) is 109. The molecule has 1 aliphatic heterocycles. The van der Waals surface area contributed by atoms with Gasteiger partial charge in [-0.25, -0.2) is 9.59 Å². The Balaban J connectivity index is 1.56. The lowest BCUT2D eigenvalue weighted by molar-refractivity contribution is -0.294. The van der Waals surface area contributed by atoms with Crippen LogP contribution < -0.4 is 0 Å². The number of aliphatic hydroxyl groups excluding tert-OH is 2. The quantitative estimate of drug-likeness (QED) is 0.117. The molecule has 1 aliphatic rings. The Morgan fingerprint density at radius 3 is 1.55 bits per heavy atom. The van der Waals surface area contributed by atoms with Gasteiger partial charge >= 0.3 is 11.9 Å². The summed E-state index contributed by atoms with van der Waals surface area (Å²) >= 11 is 0. The van der Waals surface area contributed by atoms with Gasteiger partial charge in [0.2, 0.25) is 0 Å². The number of benzene rings is 3. The predicted octanol–water partition coefficient (Wildman–Crippen LogP) is 0.0829. The Labute approximate surface area is 245 Å². The Morgan fingerprint density at radius 1 is 0.636 bits per heavy atom. The Morgan fingerprint density at radius 2 is 1.07 bits per heavy atom. The summed E-state index contributed by atoms with van der Waals surface area (Å²) < 4.78 is 21.2. The molecule has 0 amide bonds. The molecule has 3 aromatic rings. The molecule has 0 aliphatic carbocycles. The second-order valence-corrected chi connectivity index (χ2v) is 9.51. The lowest BCUT2D eigenvalue weighted by Gasteiger charge is -2.41. The van der Waals surface area contributed by atoms with Crippen molar-refractivity contribution < 1.29 is 84.7 Å². The number of aromatic hydroxyl groups is 9. The summed E-state index contributed by atoms with van der Waals surface area (Å²) in [6.07, 6.45) is -9.00. The highest BCUT2D eigenvalue weighted by Crippen LogP contribution is 2.38. The van der Waals surface area contributed by atoms with E-state index in [4.69, 9.17) is 18.9 Å². The van der Waals surface area contributed by atoms with Crippen LogP contribution in [0.2, 0.25) is 0 Å². The van der Waals surface area contributed by atoms with Gasteiger partial charge in [0.05, 0.1) is 17.7 Å². The third-order valence-corrected chi connectivity index (χ3v) is 6.44. The van der Waals surface area contributed by atoms with Gasteiger partial charge in [0.15, 0.2) is 64.1 Å². The summed E-state index contributed by atoms with van der Waals surface area (Å²) in [7, 11) is 0. The van der Waals surface area contributed by atoms with Crippen LogP contribution in [-0.4, -0.2) is 105 Å². The maximum absolute atomic E-state index is 12.8. The first-order valence-electron chi connectivity index (χ1n) is 12.4. The Hall–Kier alpha value is -5.36. The van der Waals surface area contributed by atoms with Gasteiger partial charge in [-0.15, -0.1) is 0 Å². The number of phenolic OH excluding ortho intramolecular Hbond substituents is 9. The van der Waals surface area contributed by atoms with Gasteiger partial charge in [0.25, 0.3) is 0 Å². The highest BCUT2D eigenvalue weighted by molar-refractivity contribution is 5.91. The zero-order valence-corrected chi connectivity index (χ0v) is 22.1. The number of carbonyl (C=O) groups is 2. The van der Waals surface area contributed by atoms with Crippen LogP contribution in [0.5, 0.6) is 51.7 Å². The fourth-order valence-electron chi connectivity index (χ4n) is 4.18. The van der Waals surface area contributed by atoms with Gasteiger partial charge in [0.1, 0.15) is 24.9 Å². The molecule has 17 nitrogen and oxygen atoms in total. The first kappa shape index (κ1) is 31.6. The number of hydrogen-bond acceptors (Lipinski definition) is 17. The van der Waals surface area contributed by atoms with Crippen molar-refractivity contribution in [1.29, 1.82) is 0 Å². The SMILES string of the molecule is O=C(OC[C@H]1O[C@@H](O)[C@H](OC(=O)c2cc(O)c(O)c(O)c2)[C@@H](OCc2cc(O)c(O)c(O)c2)[C@@H]1O)c1cc(O)c(O)c(O)c1. The molecule has 17 heteroatoms. The van der Waals surface area contributed by atoms with Crippen molar-refractivity contribution in [3.8, 4) is 51.7 Å². The normalized spacial score (nSPS) is 21.5. The molecule has 44 heavy (non-hydrogen) atoms. The van der Waals surface area contributed by atoms with Crippen LogP contribution in [0.25, 0.3) is 0 Å². The zero-order valence-electron chi connectivity index (χ0n) is 22.1. The molecule has 0 unspecified atom stereocenters. The molecule has 0 radical (unpaired) electrons. The molecule has 1 fully saturated rings. The average Bonchev–Trinajstić information content (AvgIpc) is 2.97. The number of rotatable bonds is 8. The number of carbonyl (C=O) groups excluding carboxylic acids is 2. The van der Waals surface area contributed by atoms with E-state index in [9.17, 15) is 65.8 Å². The van der Waals surface area contributed by atoms with Crippen LogP contribution in [0.1, 0.15) is 26.3 Å². The molecule has 4 rings (SSSR count). The van der Waals surface area contributed by atoms with Crippen molar-refractivity contribution >= 4 is 11.9 Å². The third kappa shape index (κ3) is 6.50. The standard InChI is InChI=1S/C27H26O17/c28-12-1-9(2-13(29)19(12)34)7-41-23-22(37)18(8-42-25(38)10-3-14(30)20(35)15(31)4-10)43-27(40)24(23)44-26(39)11-5-16(32)21(36)17(33)6-11/h1-6,18,22-24,27-37,40H,7-8H2/t18-,22-,23+,24-,27-/m1/s1. The molecule has 0 bridgehead atoms. The minimum atomic E-state index is -2.07. The van der Waals surface area contributed by atoms with E-state index in [1.54, 1.807) is 0 Å². The van der Waals surface area contributed by atoms with Crippen LogP contribution in [0.15, 0.2) is 36.4 Å². The fourth-order valence-corrected chi connectivity index (χ4v) is 4.18. The highest BCUT2D eigenvalue weighted by atomic mass is 16.7. The monoisotopic (exact) mass is 622 g/mol. The van der Waals surface area contributed by atoms with E-state index in [0.29, 0.717) is 0 Å². The van der Waals surface area contributed by atoms with Crippen molar-refractivity contribution in [1.82, 2.24) is 0 Å². The average molecular weight is 622 g/mol. The minimum absolute atomic E-state index is 0.0411. The number of phenols is 9. The first-order valence-corrected chi connectivity index (χ1v) is 12.4. The van der Waals surface area contributed by atoms with Crippen molar-refractivity contribution in [3.05, 3.63) is 53.1 Å². The van der Waals surface area contributed by atoms with Gasteiger partial charge < -0.3 is 75.1 Å². The lowest BCUT2D eigenvalue weighted by atomic mass is 9.98. The smallest absolute Gasteiger partial charge is 0.338 e. The summed E-state index contributed by atoms with van der Waals surface area (Å²) in [5.74, 6) is -9.94. The Bertz CT molecular complexity index is 1500. The van der Waals surface area contributed by atoms with Crippen molar-refractivity contribution in [3.63, 3.8) is 0 Å². The maximum Gasteiger partial charge on any atom is 0.338 e. The number of esters is 2. The summed E-state index contributed by atoms with van der Waals surface area (Å²) in [6, 6.07) is 5.05. The molecule has 236 valence electrons. The van der Waals surface area contributed by atoms with Gasteiger partial charge in [-0.2, -0.15) is 0 Å². The molecule has 0 aromatic heterocycles. The number of aliphatic hydroxyl groups is 2. The van der Waals surface area contributed by atoms with E-state index in [1.807, 2.05) is 0 Å². The molecule has 0 spiro atoms. The van der Waals surface area contributed by atoms with Gasteiger partial charge in [-0.1, -0.05) is 0 Å². The fraction of sp³-hybridized carbons (Fsp3) is 0.259. The maximum atomic E-state index is 12.8.